The quantitative estimate of drug-likeness (QED) is 0.0256. The number of halogens is 6. The molecule has 6 heterocycles. The smallest absolute Gasteiger partial charge is 0.266 e. The molecule has 29 heteroatoms. The molecule has 0 aromatic heterocycles. The molecule has 8 aromatic carbocycles. The number of aliphatic hydroxyl groups is 1. The van der Waals surface area contributed by atoms with Crippen LogP contribution in [0.3, 0.4) is 0 Å². The molecule has 17 nitrogen and oxygen atoms in total. The van der Waals surface area contributed by atoms with Crippen molar-refractivity contribution in [3.05, 3.63) is 280 Å². The first-order valence-corrected chi connectivity index (χ1v) is 53.6. The van der Waals surface area contributed by atoms with Crippen molar-refractivity contribution in [1.29, 1.82) is 0 Å². The van der Waals surface area contributed by atoms with Crippen LogP contribution in [-0.2, 0) is 74.5 Å². The summed E-state index contributed by atoms with van der Waals surface area (Å²) in [6, 6.07) is 80.0. The molecule has 720 valence electrons. The lowest BCUT2D eigenvalue weighted by atomic mass is 9.80. The van der Waals surface area contributed by atoms with Crippen molar-refractivity contribution in [1.82, 2.24) is 0 Å². The average molecular weight is 1920 g/mol. The maximum atomic E-state index is 13.8. The Bertz CT molecular complexity index is 4970. The normalized spacial score (nSPS) is 28.1. The monoisotopic (exact) mass is 1910 g/mol. The Labute approximate surface area is 795 Å². The van der Waals surface area contributed by atoms with Crippen molar-refractivity contribution in [2.45, 2.75) is 258 Å². The van der Waals surface area contributed by atoms with Gasteiger partial charge in [-0.3, -0.25) is 0 Å². The van der Waals surface area contributed by atoms with Gasteiger partial charge in [-0.15, -0.1) is 6.58 Å². The number of fused-ring (bicyclic) bond motifs is 4. The van der Waals surface area contributed by atoms with Gasteiger partial charge in [-0.2, -0.15) is 17.6 Å². The number of methoxy groups -OCH3 is 4. The molecule has 2 bridgehead atoms. The third kappa shape index (κ3) is 21.2. The van der Waals surface area contributed by atoms with Gasteiger partial charge in [-0.25, -0.2) is 8.78 Å². The highest BCUT2D eigenvalue weighted by Gasteiger charge is 2.69. The minimum atomic E-state index is -2.97. The number of hydrogen-bond acceptors (Lipinski definition) is 17. The molecule has 0 amide bonds. The van der Waals surface area contributed by atoms with Gasteiger partial charge in [0.1, 0.15) is 74.7 Å². The highest BCUT2D eigenvalue weighted by atomic mass is 28.4. The molecule has 0 spiro atoms. The molecule has 7 fully saturated rings. The summed E-state index contributed by atoms with van der Waals surface area (Å²) in [6.07, 6.45) is -8.70. The molecule has 6 aliphatic heterocycles. The van der Waals surface area contributed by atoms with E-state index >= 15 is 0 Å². The zero-order chi connectivity index (χ0) is 97.5. The van der Waals surface area contributed by atoms with Crippen LogP contribution >= 0.6 is 0 Å². The molecule has 1 N–H and O–H groups in total. The van der Waals surface area contributed by atoms with Crippen LogP contribution in [0.15, 0.2) is 280 Å². The summed E-state index contributed by atoms with van der Waals surface area (Å²) in [5.74, 6) is -2.98. The van der Waals surface area contributed by atoms with E-state index in [1.54, 1.807) is 34.1 Å². The molecule has 17 atom stereocenters. The van der Waals surface area contributed by atoms with Crippen LogP contribution in [-0.4, -0.2) is 217 Å². The van der Waals surface area contributed by atoms with Crippen molar-refractivity contribution in [3.63, 3.8) is 0 Å². The molecular formula is C105H134B2F6O17Si4. The number of aliphatic hydroxyl groups excluding tert-OH is 1. The second-order valence-electron chi connectivity index (χ2n) is 40.8. The molecule has 134 heavy (non-hydrogen) atoms. The Morgan fingerprint density at radius 2 is 0.672 bits per heavy atom. The van der Waals surface area contributed by atoms with Crippen molar-refractivity contribution >= 4 is 90.5 Å². The van der Waals surface area contributed by atoms with Crippen LogP contribution in [0.2, 0.25) is 20.2 Å². The van der Waals surface area contributed by atoms with Crippen LogP contribution < -0.4 is 41.5 Å². The third-order valence-electron chi connectivity index (χ3n) is 27.4. The van der Waals surface area contributed by atoms with Gasteiger partial charge in [-0.05, 0) is 108 Å². The maximum absolute atomic E-state index is 13.8. The first-order valence-electron chi connectivity index (χ1n) is 45.9. The highest BCUT2D eigenvalue weighted by molar-refractivity contribution is 7.01. The Morgan fingerprint density at radius 1 is 0.388 bits per heavy atom. The molecule has 6 saturated heterocycles. The highest BCUT2D eigenvalue weighted by Crippen LogP contribution is 2.56. The van der Waals surface area contributed by atoms with Gasteiger partial charge in [-0.1, -0.05) is 332 Å². The molecule has 1 saturated carbocycles. The molecular weight excluding hydrogens is 1780 g/mol. The second-order valence-corrected chi connectivity index (χ2v) is 58.0. The Morgan fingerprint density at radius 3 is 0.955 bits per heavy atom. The Hall–Kier alpha value is -7.12. The summed E-state index contributed by atoms with van der Waals surface area (Å²) in [4.78, 5) is 0. The lowest BCUT2D eigenvalue weighted by molar-refractivity contribution is -0.246. The van der Waals surface area contributed by atoms with Gasteiger partial charge in [0, 0.05) is 65.1 Å². The maximum Gasteiger partial charge on any atom is 0.266 e. The summed E-state index contributed by atoms with van der Waals surface area (Å²) < 4.78 is 181. The van der Waals surface area contributed by atoms with Crippen molar-refractivity contribution in [3.8, 4) is 0 Å². The SMILES string of the molecule is C=C[C@]1(CO[Si](c2ccccc2)(c2ccccc2)C(C)(C)C)O[C@@H]2OC(C)(C)O[C@@H]2[C@@H]1OC.CO[C@H]1[C@H]2OC(C)(C)O[C@H]2O[C@]1(CC=C(F)F)CO[Si](c1ccccc1)(c1ccccc1)C(C)(C)C.[B][C@@H]1O[C@@]2(CO[Si](c3ccccc3)(c3ccccc3)C(C)(C)C)CC(C(F)F)[C@@H]1[C@@H]2OC.[B][C@@H]1O[C@](CC=C(F)F)(CO[Si](c2ccccc2)(c2ccccc2)C(C)(C)C)[C@@H](OC)[C@H]1O. The third-order valence-corrected chi connectivity index (χ3v) is 47.3. The summed E-state index contributed by atoms with van der Waals surface area (Å²) in [5.41, 5.74) is -4.47. The molecule has 8 aromatic rings. The van der Waals surface area contributed by atoms with E-state index in [1.807, 2.05) is 159 Å². The number of alkyl halides is 2. The largest absolute Gasteiger partial charge is 0.404 e. The van der Waals surface area contributed by atoms with Crippen LogP contribution in [0.5, 0.6) is 0 Å². The predicted molar refractivity (Wildman–Crippen MR) is 523 cm³/mol. The van der Waals surface area contributed by atoms with Crippen LogP contribution in [0.25, 0.3) is 0 Å². The van der Waals surface area contributed by atoms with Crippen LogP contribution in [0.4, 0.5) is 26.3 Å². The zero-order valence-electron chi connectivity index (χ0n) is 81.0. The average Bonchev–Trinajstić information content (AvgIpc) is 1.50. The van der Waals surface area contributed by atoms with Gasteiger partial charge in [0.05, 0.1) is 32.5 Å². The van der Waals surface area contributed by atoms with E-state index in [-0.39, 0.29) is 71.9 Å². The zero-order valence-corrected chi connectivity index (χ0v) is 85.0. The minimum Gasteiger partial charge on any atom is -0.404 e. The lowest BCUT2D eigenvalue weighted by Gasteiger charge is -2.45. The summed E-state index contributed by atoms with van der Waals surface area (Å²) >= 11 is 0. The summed E-state index contributed by atoms with van der Waals surface area (Å²) in [7, 11) is 6.78. The van der Waals surface area contributed by atoms with Gasteiger partial charge in [0.15, 0.2) is 24.2 Å². The van der Waals surface area contributed by atoms with Crippen molar-refractivity contribution in [2.75, 3.05) is 54.9 Å². The molecule has 4 radical (unpaired) electrons. The second kappa shape index (κ2) is 42.5. The van der Waals surface area contributed by atoms with E-state index in [1.165, 1.54) is 24.6 Å². The minimum absolute atomic E-state index is 0.0305. The van der Waals surface area contributed by atoms with Crippen molar-refractivity contribution < 1.29 is 106 Å². The van der Waals surface area contributed by atoms with E-state index in [2.05, 4.69) is 187 Å². The summed E-state index contributed by atoms with van der Waals surface area (Å²) in [5, 5.41) is 18.5. The van der Waals surface area contributed by atoms with Crippen LogP contribution in [0.1, 0.15) is 130 Å². The number of ether oxygens (including phenoxy) is 12. The fraction of sp³-hybridized carbons (Fsp3) is 0.486. The van der Waals surface area contributed by atoms with E-state index in [4.69, 9.17) is 90.2 Å². The number of rotatable bonds is 30. The molecule has 7 aliphatic rings. The van der Waals surface area contributed by atoms with E-state index in [9.17, 15) is 31.4 Å². The fourth-order valence-corrected chi connectivity index (χ4v) is 40.0. The van der Waals surface area contributed by atoms with Gasteiger partial charge in [0.25, 0.3) is 45.4 Å². The van der Waals surface area contributed by atoms with Crippen molar-refractivity contribution in [2.24, 2.45) is 11.8 Å². The Balaban J connectivity index is 0.000000161. The molecule has 1 unspecified atom stereocenters. The molecule has 15 rings (SSSR count). The number of hydrogen-bond donors (Lipinski definition) is 1. The van der Waals surface area contributed by atoms with E-state index < -0.39 is 159 Å². The lowest BCUT2D eigenvalue weighted by Crippen LogP contribution is -2.68. The topological polar surface area (TPSA) is 168 Å². The fourth-order valence-electron chi connectivity index (χ4n) is 21.6. The first-order chi connectivity index (χ1) is 63.3. The molecule has 1 aliphatic carbocycles. The first kappa shape index (κ1) is 106. The van der Waals surface area contributed by atoms with Crippen LogP contribution in [0, 0.1) is 11.8 Å². The predicted octanol–water partition coefficient (Wildman–Crippen LogP) is 16.1. The van der Waals surface area contributed by atoms with E-state index in [0.29, 0.717) is 0 Å². The number of benzene rings is 8. The van der Waals surface area contributed by atoms with Gasteiger partial charge in [0.2, 0.25) is 6.43 Å². The Kier molecular flexibility index (Phi) is 33.6. The standard InChI is InChI=1S/C28H36F2O5Si.C27H36O5Si.C25H31BF2O4Si.C25H31BF2O3Si/c1-26(2,3)36(20-13-9-7-10-14-20,21-15-11-8-12-16-21)32-19-28(18-17-22(29)30)24(31-6)23-25(35-28)34-27(4,5)33-23;1-8-27(23(28-7)22-24(32-27)31-26(5,6)30-22)19-29-33(25(2,3)4,20-15-11-9-12-16-20)21-17-13-10-14-18-21;1-24(2,3)33(18-11-7-5-8-12-18,19-13-9-6-10-14-19)31-17-25(16-15-20(27)28)22(30-4)21(29)23(26)32-25;1-24(2,3)32(17-11-7-5-8-12-17,18-13-9-6-10-14-18)30-16-25-15-19(23(27)28)20(21(25)29-4)22(26)31-25/h7-17,23-25H,18-19H2,1-6H3;8-18,22-24H,1,19H2,2-7H3;5-15,21-23,29H,16-17H2,1-4H3;5-14,19-23H,15-16H2,1-4H3/t23-,24+,25+,28-;22-,23+,24+,27-;21-,22+,23-,25-;19?,20-,21+,22-,25-/m1111/s1. The van der Waals surface area contributed by atoms with Gasteiger partial charge >= 0.3 is 0 Å². The van der Waals surface area contributed by atoms with E-state index in [0.717, 1.165) is 43.3 Å². The van der Waals surface area contributed by atoms with Gasteiger partial charge < -0.3 is 79.7 Å². The summed E-state index contributed by atoms with van der Waals surface area (Å²) in [6.45, 7) is 38.0.